The fraction of sp³-hybridized carbons (Fsp3) is 0.167. The van der Waals surface area contributed by atoms with Gasteiger partial charge in [-0.3, -0.25) is 0 Å². The Bertz CT molecular complexity index is 236. The molecule has 3 nitrogen and oxygen atoms in total. The van der Waals surface area contributed by atoms with Crippen LogP contribution in [-0.4, -0.2) is 4.98 Å². The zero-order chi connectivity index (χ0) is 7.56. The zero-order valence-corrected chi connectivity index (χ0v) is 5.56. The lowest BCUT2D eigenvalue weighted by atomic mass is 10.3. The van der Waals surface area contributed by atoms with E-state index in [1.165, 1.54) is 12.3 Å². The van der Waals surface area contributed by atoms with Gasteiger partial charge in [0.1, 0.15) is 0 Å². The molecule has 0 aliphatic carbocycles. The summed E-state index contributed by atoms with van der Waals surface area (Å²) in [6.45, 7) is 1.76. The lowest BCUT2D eigenvalue weighted by Gasteiger charge is -1.99. The van der Waals surface area contributed by atoms with Gasteiger partial charge in [-0.25, -0.2) is 15.2 Å². The highest BCUT2D eigenvalue weighted by Gasteiger charge is 1.99. The summed E-state index contributed by atoms with van der Waals surface area (Å²) in [6, 6.07) is 1.36. The van der Waals surface area contributed by atoms with Crippen molar-refractivity contribution in [1.82, 2.24) is 4.98 Å². The Kier molecular flexibility index (Phi) is 1.82. The van der Waals surface area contributed by atoms with Crippen LogP contribution in [0.15, 0.2) is 12.3 Å². The quantitative estimate of drug-likeness (QED) is 0.449. The minimum absolute atomic E-state index is 0.0746. The summed E-state index contributed by atoms with van der Waals surface area (Å²) in [5.41, 5.74) is 2.91. The van der Waals surface area contributed by atoms with Crippen molar-refractivity contribution in [2.75, 3.05) is 5.43 Å². The maximum atomic E-state index is 12.6. The van der Waals surface area contributed by atoms with Crippen molar-refractivity contribution in [1.29, 1.82) is 0 Å². The van der Waals surface area contributed by atoms with Crippen LogP contribution in [0.2, 0.25) is 0 Å². The second-order valence-electron chi connectivity index (χ2n) is 1.99. The molecule has 0 saturated carbocycles. The minimum Gasteiger partial charge on any atom is -0.306 e. The summed E-state index contributed by atoms with van der Waals surface area (Å²) in [7, 11) is 0. The topological polar surface area (TPSA) is 50.9 Å². The van der Waals surface area contributed by atoms with Crippen molar-refractivity contribution in [3.8, 4) is 0 Å². The van der Waals surface area contributed by atoms with Crippen LogP contribution >= 0.6 is 0 Å². The van der Waals surface area contributed by atoms with E-state index in [0.29, 0.717) is 0 Å². The van der Waals surface area contributed by atoms with Gasteiger partial charge in [-0.15, -0.1) is 0 Å². The largest absolute Gasteiger partial charge is 0.306 e. The number of nitrogens with two attached hydrogens (primary N) is 1. The van der Waals surface area contributed by atoms with Crippen LogP contribution in [0.1, 0.15) is 5.56 Å². The van der Waals surface area contributed by atoms with Crippen LogP contribution in [0.5, 0.6) is 0 Å². The van der Waals surface area contributed by atoms with Gasteiger partial charge in [0.05, 0.1) is 0 Å². The molecule has 0 unspecified atom stereocenters. The van der Waals surface area contributed by atoms with Gasteiger partial charge in [0, 0.05) is 6.20 Å². The zero-order valence-electron chi connectivity index (χ0n) is 5.56. The molecule has 0 aliphatic rings. The summed E-state index contributed by atoms with van der Waals surface area (Å²) in [5, 5.41) is 0. The normalized spacial score (nSPS) is 9.50. The number of aryl methyl sites for hydroxylation is 1. The number of halogens is 1. The maximum absolute atomic E-state index is 12.6. The Morgan fingerprint density at radius 3 is 2.90 bits per heavy atom. The molecule has 0 aromatic carbocycles. The number of hydrogen-bond donors (Lipinski definition) is 2. The van der Waals surface area contributed by atoms with Crippen LogP contribution in [0, 0.1) is 12.7 Å². The van der Waals surface area contributed by atoms with Crippen LogP contribution < -0.4 is 11.3 Å². The molecular formula is C6H8FN3. The predicted molar refractivity (Wildman–Crippen MR) is 36.7 cm³/mol. The molecule has 0 aliphatic heterocycles. The van der Waals surface area contributed by atoms with Crippen molar-refractivity contribution >= 4 is 5.82 Å². The van der Waals surface area contributed by atoms with Gasteiger partial charge in [-0.1, -0.05) is 0 Å². The van der Waals surface area contributed by atoms with Gasteiger partial charge in [0.2, 0.25) is 0 Å². The van der Waals surface area contributed by atoms with Crippen molar-refractivity contribution < 1.29 is 4.39 Å². The SMILES string of the molecule is Cc1cnc(NN)c(F)c1. The van der Waals surface area contributed by atoms with Gasteiger partial charge >= 0.3 is 0 Å². The average molecular weight is 141 g/mol. The second kappa shape index (κ2) is 2.62. The Morgan fingerprint density at radius 2 is 2.40 bits per heavy atom. The van der Waals surface area contributed by atoms with Crippen LogP contribution in [-0.2, 0) is 0 Å². The molecule has 4 heteroatoms. The Labute approximate surface area is 58.0 Å². The molecule has 1 heterocycles. The van der Waals surface area contributed by atoms with Gasteiger partial charge in [-0.2, -0.15) is 0 Å². The van der Waals surface area contributed by atoms with E-state index in [2.05, 4.69) is 10.4 Å². The van der Waals surface area contributed by atoms with Crippen LogP contribution in [0.3, 0.4) is 0 Å². The number of hydrogen-bond acceptors (Lipinski definition) is 3. The smallest absolute Gasteiger partial charge is 0.176 e. The molecule has 54 valence electrons. The number of nitrogen functional groups attached to an aromatic ring is 1. The number of anilines is 1. The standard InChI is InChI=1S/C6H8FN3/c1-4-2-5(7)6(10-8)9-3-4/h2-3H,8H2,1H3,(H,9,10). The fourth-order valence-electron chi connectivity index (χ4n) is 0.640. The summed E-state index contributed by atoms with van der Waals surface area (Å²) in [5.74, 6) is 4.59. The molecule has 10 heavy (non-hydrogen) atoms. The first-order valence-corrected chi connectivity index (χ1v) is 2.83. The maximum Gasteiger partial charge on any atom is 0.176 e. The third kappa shape index (κ3) is 1.22. The molecule has 0 amide bonds. The number of nitrogens with zero attached hydrogens (tertiary/aromatic N) is 1. The summed E-state index contributed by atoms with van der Waals surface area (Å²) in [6.07, 6.45) is 1.54. The van der Waals surface area contributed by atoms with E-state index in [9.17, 15) is 4.39 Å². The third-order valence-electron chi connectivity index (χ3n) is 1.11. The average Bonchev–Trinajstić information content (AvgIpc) is 1.88. The minimum atomic E-state index is -0.428. The molecule has 0 spiro atoms. The van der Waals surface area contributed by atoms with Gasteiger partial charge < -0.3 is 5.43 Å². The second-order valence-corrected chi connectivity index (χ2v) is 1.99. The molecular weight excluding hydrogens is 133 g/mol. The van der Waals surface area contributed by atoms with Crippen molar-refractivity contribution in [3.63, 3.8) is 0 Å². The molecule has 0 atom stereocenters. The van der Waals surface area contributed by atoms with Gasteiger partial charge in [0.15, 0.2) is 11.6 Å². The number of hydrazine groups is 1. The van der Waals surface area contributed by atoms with E-state index in [1.54, 1.807) is 6.92 Å². The Morgan fingerprint density at radius 1 is 1.70 bits per heavy atom. The number of rotatable bonds is 1. The summed E-state index contributed by atoms with van der Waals surface area (Å²) >= 11 is 0. The van der Waals surface area contributed by atoms with Gasteiger partial charge in [-0.05, 0) is 18.6 Å². The molecule has 0 fully saturated rings. The first-order chi connectivity index (χ1) is 4.74. The highest BCUT2D eigenvalue weighted by Crippen LogP contribution is 2.08. The third-order valence-corrected chi connectivity index (χ3v) is 1.11. The van der Waals surface area contributed by atoms with E-state index in [-0.39, 0.29) is 5.82 Å². The highest BCUT2D eigenvalue weighted by molar-refractivity contribution is 5.35. The van der Waals surface area contributed by atoms with E-state index in [0.717, 1.165) is 5.56 Å². The first kappa shape index (κ1) is 6.95. The summed E-state index contributed by atoms with van der Waals surface area (Å²) < 4.78 is 12.6. The molecule has 0 radical (unpaired) electrons. The molecule has 3 N–H and O–H groups in total. The van der Waals surface area contributed by atoms with Crippen molar-refractivity contribution in [3.05, 3.63) is 23.6 Å². The molecule has 0 bridgehead atoms. The molecule has 1 aromatic rings. The molecule has 1 aromatic heterocycles. The Hall–Kier alpha value is -1.16. The molecule has 0 saturated heterocycles. The van der Waals surface area contributed by atoms with E-state index in [1.807, 2.05) is 0 Å². The predicted octanol–water partition coefficient (Wildman–Crippen LogP) is 0.815. The summed E-state index contributed by atoms with van der Waals surface area (Å²) in [4.78, 5) is 3.69. The monoisotopic (exact) mass is 141 g/mol. The van der Waals surface area contributed by atoms with E-state index >= 15 is 0 Å². The highest BCUT2D eigenvalue weighted by atomic mass is 19.1. The van der Waals surface area contributed by atoms with Crippen LogP contribution in [0.25, 0.3) is 0 Å². The number of pyridine rings is 1. The van der Waals surface area contributed by atoms with Crippen LogP contribution in [0.4, 0.5) is 10.2 Å². The van der Waals surface area contributed by atoms with Crippen molar-refractivity contribution in [2.45, 2.75) is 6.92 Å². The first-order valence-electron chi connectivity index (χ1n) is 2.83. The van der Waals surface area contributed by atoms with Gasteiger partial charge in [0.25, 0.3) is 0 Å². The molecule has 1 rings (SSSR count). The lowest BCUT2D eigenvalue weighted by molar-refractivity contribution is 0.623. The van der Waals surface area contributed by atoms with E-state index in [4.69, 9.17) is 5.84 Å². The lowest BCUT2D eigenvalue weighted by Crippen LogP contribution is -2.10. The van der Waals surface area contributed by atoms with Crippen molar-refractivity contribution in [2.24, 2.45) is 5.84 Å². The Balaban J connectivity index is 3.07. The fourth-order valence-corrected chi connectivity index (χ4v) is 0.640. The number of aromatic nitrogens is 1. The number of nitrogens with one attached hydrogen (secondary N) is 1. The van der Waals surface area contributed by atoms with E-state index < -0.39 is 5.82 Å².